The van der Waals surface area contributed by atoms with Gasteiger partial charge in [0, 0.05) is 6.54 Å². The van der Waals surface area contributed by atoms with Gasteiger partial charge in [-0.25, -0.2) is 0 Å². The normalized spacial score (nSPS) is 13.9. The Morgan fingerprint density at radius 2 is 1.60 bits per heavy atom. The van der Waals surface area contributed by atoms with Crippen LogP contribution in [0.25, 0.3) is 5.57 Å². The van der Waals surface area contributed by atoms with Gasteiger partial charge in [-0.2, -0.15) is 0 Å². The van der Waals surface area contributed by atoms with Crippen LogP contribution in [0.3, 0.4) is 0 Å². The summed E-state index contributed by atoms with van der Waals surface area (Å²) >= 11 is 0. The van der Waals surface area contributed by atoms with E-state index in [-0.39, 0.29) is 12.1 Å². The summed E-state index contributed by atoms with van der Waals surface area (Å²) < 4.78 is 11.2. The Hall–Kier alpha value is -3.28. The van der Waals surface area contributed by atoms with Gasteiger partial charge < -0.3 is 14.6 Å². The SMILES string of the molecule is CCOc1ccc(CCN2C(=O)C(O)=C(c3ccc(C)cc3C)C2=O)cc1OCC. The van der Waals surface area contributed by atoms with Crippen molar-refractivity contribution in [3.05, 3.63) is 64.4 Å². The maximum Gasteiger partial charge on any atom is 0.296 e. The topological polar surface area (TPSA) is 76.1 Å². The predicted molar refractivity (Wildman–Crippen MR) is 115 cm³/mol. The van der Waals surface area contributed by atoms with Crippen molar-refractivity contribution in [1.82, 2.24) is 4.90 Å². The highest BCUT2D eigenvalue weighted by Crippen LogP contribution is 2.32. The van der Waals surface area contributed by atoms with Crippen LogP contribution >= 0.6 is 0 Å². The number of aliphatic hydroxyl groups excluding tert-OH is 1. The van der Waals surface area contributed by atoms with E-state index in [2.05, 4.69) is 0 Å². The Morgan fingerprint density at radius 1 is 0.900 bits per heavy atom. The van der Waals surface area contributed by atoms with Crippen LogP contribution in [0.5, 0.6) is 11.5 Å². The molecular formula is C24H27NO5. The molecule has 158 valence electrons. The Bertz CT molecular complexity index is 1010. The van der Waals surface area contributed by atoms with Gasteiger partial charge in [0.25, 0.3) is 11.8 Å². The monoisotopic (exact) mass is 409 g/mol. The summed E-state index contributed by atoms with van der Waals surface area (Å²) in [5, 5.41) is 10.4. The van der Waals surface area contributed by atoms with Crippen molar-refractivity contribution in [3.63, 3.8) is 0 Å². The highest BCUT2D eigenvalue weighted by molar-refractivity contribution is 6.35. The third-order valence-corrected chi connectivity index (χ3v) is 5.03. The summed E-state index contributed by atoms with van der Waals surface area (Å²) in [7, 11) is 0. The molecule has 6 heteroatoms. The van der Waals surface area contributed by atoms with Gasteiger partial charge in [0.15, 0.2) is 17.3 Å². The predicted octanol–water partition coefficient (Wildman–Crippen LogP) is 3.98. The highest BCUT2D eigenvalue weighted by atomic mass is 16.5. The summed E-state index contributed by atoms with van der Waals surface area (Å²) in [6.45, 7) is 8.81. The molecule has 6 nitrogen and oxygen atoms in total. The largest absolute Gasteiger partial charge is 0.502 e. The Kier molecular flexibility index (Phi) is 6.45. The Labute approximate surface area is 176 Å². The fraction of sp³-hybridized carbons (Fsp3) is 0.333. The van der Waals surface area contributed by atoms with Gasteiger partial charge in [-0.05, 0) is 62.9 Å². The number of aliphatic hydroxyl groups is 1. The van der Waals surface area contributed by atoms with Gasteiger partial charge in [-0.15, -0.1) is 0 Å². The highest BCUT2D eigenvalue weighted by Gasteiger charge is 2.39. The van der Waals surface area contributed by atoms with Gasteiger partial charge in [-0.3, -0.25) is 14.5 Å². The van der Waals surface area contributed by atoms with Crippen molar-refractivity contribution in [2.24, 2.45) is 0 Å². The van der Waals surface area contributed by atoms with Gasteiger partial charge in [0.2, 0.25) is 0 Å². The molecule has 0 saturated carbocycles. The van der Waals surface area contributed by atoms with E-state index in [9.17, 15) is 14.7 Å². The first kappa shape index (κ1) is 21.4. The lowest BCUT2D eigenvalue weighted by Gasteiger charge is -2.16. The minimum Gasteiger partial charge on any atom is -0.502 e. The van der Waals surface area contributed by atoms with Gasteiger partial charge in [0.1, 0.15) is 0 Å². The molecule has 0 fully saturated rings. The minimum atomic E-state index is -0.661. The van der Waals surface area contributed by atoms with E-state index in [1.54, 1.807) is 6.07 Å². The van der Waals surface area contributed by atoms with E-state index in [1.807, 2.05) is 58.0 Å². The number of imide groups is 1. The maximum atomic E-state index is 12.9. The number of rotatable bonds is 8. The zero-order chi connectivity index (χ0) is 21.8. The number of hydrogen-bond donors (Lipinski definition) is 1. The molecule has 2 aromatic rings. The maximum absolute atomic E-state index is 12.9. The molecule has 30 heavy (non-hydrogen) atoms. The quantitative estimate of drug-likeness (QED) is 0.668. The summed E-state index contributed by atoms with van der Waals surface area (Å²) in [5.41, 5.74) is 3.44. The standard InChI is InChI=1S/C24H27NO5/c1-5-29-19-10-8-17(14-20(19)30-6-2)11-12-25-23(27)21(22(26)24(25)28)18-9-7-15(3)13-16(18)4/h7-10,13-14,26H,5-6,11-12H2,1-4H3. The first-order valence-electron chi connectivity index (χ1n) is 10.1. The molecule has 0 saturated heterocycles. The number of nitrogens with zero attached hydrogens (tertiary/aromatic N) is 1. The lowest BCUT2D eigenvalue weighted by Crippen LogP contribution is -2.33. The average molecular weight is 409 g/mol. The van der Waals surface area contributed by atoms with E-state index in [1.165, 1.54) is 0 Å². The molecular weight excluding hydrogens is 382 g/mol. The molecule has 0 aliphatic carbocycles. The molecule has 2 amide bonds. The second-order valence-corrected chi connectivity index (χ2v) is 7.20. The fourth-order valence-corrected chi connectivity index (χ4v) is 3.60. The van der Waals surface area contributed by atoms with Crippen LogP contribution in [0.4, 0.5) is 0 Å². The van der Waals surface area contributed by atoms with Crippen molar-refractivity contribution in [1.29, 1.82) is 0 Å². The molecule has 0 aromatic heterocycles. The second kappa shape index (κ2) is 9.03. The van der Waals surface area contributed by atoms with E-state index >= 15 is 0 Å². The van der Waals surface area contributed by atoms with E-state index < -0.39 is 17.6 Å². The molecule has 3 rings (SSSR count). The van der Waals surface area contributed by atoms with Crippen LogP contribution in [0.1, 0.15) is 36.1 Å². The third kappa shape index (κ3) is 4.17. The second-order valence-electron chi connectivity index (χ2n) is 7.20. The lowest BCUT2D eigenvalue weighted by atomic mass is 9.98. The zero-order valence-electron chi connectivity index (χ0n) is 17.8. The molecule has 1 N–H and O–H groups in total. The van der Waals surface area contributed by atoms with Crippen LogP contribution in [-0.4, -0.2) is 41.6 Å². The molecule has 0 atom stereocenters. The molecule has 0 unspecified atom stereocenters. The molecule has 0 spiro atoms. The van der Waals surface area contributed by atoms with Crippen LogP contribution < -0.4 is 9.47 Å². The summed E-state index contributed by atoms with van der Waals surface area (Å²) in [6, 6.07) is 11.1. The Morgan fingerprint density at radius 3 is 2.27 bits per heavy atom. The van der Waals surface area contributed by atoms with E-state index in [0.29, 0.717) is 36.7 Å². The third-order valence-electron chi connectivity index (χ3n) is 5.03. The molecule has 2 aromatic carbocycles. The zero-order valence-corrected chi connectivity index (χ0v) is 17.8. The lowest BCUT2D eigenvalue weighted by molar-refractivity contribution is -0.138. The van der Waals surface area contributed by atoms with E-state index in [0.717, 1.165) is 21.6 Å². The smallest absolute Gasteiger partial charge is 0.296 e. The number of hydrogen-bond acceptors (Lipinski definition) is 5. The van der Waals surface area contributed by atoms with Crippen LogP contribution in [0.2, 0.25) is 0 Å². The first-order chi connectivity index (χ1) is 14.4. The average Bonchev–Trinajstić information content (AvgIpc) is 2.91. The Balaban J connectivity index is 1.78. The molecule has 0 radical (unpaired) electrons. The molecule has 1 heterocycles. The minimum absolute atomic E-state index is 0.0687. The number of amides is 2. The number of aryl methyl sites for hydroxylation is 2. The number of carbonyl (C=O) groups is 2. The van der Waals surface area contributed by atoms with Crippen LogP contribution in [0, 0.1) is 13.8 Å². The molecule has 0 bridgehead atoms. The molecule has 1 aliphatic heterocycles. The van der Waals surface area contributed by atoms with Gasteiger partial charge in [-0.1, -0.05) is 29.8 Å². The summed E-state index contributed by atoms with van der Waals surface area (Å²) in [6.07, 6.45) is 0.442. The van der Waals surface area contributed by atoms with Crippen LogP contribution in [-0.2, 0) is 16.0 Å². The number of benzene rings is 2. The van der Waals surface area contributed by atoms with Crippen molar-refractivity contribution >= 4 is 17.4 Å². The van der Waals surface area contributed by atoms with Gasteiger partial charge in [0.05, 0.1) is 18.8 Å². The van der Waals surface area contributed by atoms with Crippen molar-refractivity contribution in [3.8, 4) is 11.5 Å². The van der Waals surface area contributed by atoms with E-state index in [4.69, 9.17) is 9.47 Å². The summed E-state index contributed by atoms with van der Waals surface area (Å²) in [5.74, 6) is -0.333. The number of ether oxygens (including phenoxy) is 2. The van der Waals surface area contributed by atoms with Crippen molar-refractivity contribution in [2.75, 3.05) is 19.8 Å². The summed E-state index contributed by atoms with van der Waals surface area (Å²) in [4.78, 5) is 26.6. The van der Waals surface area contributed by atoms with Crippen molar-refractivity contribution in [2.45, 2.75) is 34.1 Å². The van der Waals surface area contributed by atoms with Gasteiger partial charge >= 0.3 is 0 Å². The van der Waals surface area contributed by atoms with Crippen molar-refractivity contribution < 1.29 is 24.2 Å². The fourth-order valence-electron chi connectivity index (χ4n) is 3.60. The number of carbonyl (C=O) groups excluding carboxylic acids is 2. The molecule has 1 aliphatic rings. The van der Waals surface area contributed by atoms with Crippen LogP contribution in [0.15, 0.2) is 42.2 Å². The first-order valence-corrected chi connectivity index (χ1v) is 10.1.